The lowest BCUT2D eigenvalue weighted by molar-refractivity contribution is -0.136. The van der Waals surface area contributed by atoms with E-state index >= 15 is 0 Å². The van der Waals surface area contributed by atoms with Crippen LogP contribution in [0.4, 0.5) is 5.69 Å². The van der Waals surface area contributed by atoms with Gasteiger partial charge in [-0.3, -0.25) is 9.78 Å². The van der Waals surface area contributed by atoms with Crippen molar-refractivity contribution >= 4 is 34.7 Å². The summed E-state index contributed by atoms with van der Waals surface area (Å²) in [6.45, 7) is 3.33. The zero-order chi connectivity index (χ0) is 18.4. The number of carboxylic acids is 1. The van der Waals surface area contributed by atoms with E-state index in [0.29, 0.717) is 6.54 Å². The summed E-state index contributed by atoms with van der Waals surface area (Å²) in [7, 11) is 0. The van der Waals surface area contributed by atoms with Crippen molar-refractivity contribution in [3.63, 3.8) is 0 Å². The van der Waals surface area contributed by atoms with E-state index in [2.05, 4.69) is 40.2 Å². The maximum atomic E-state index is 10.8. The summed E-state index contributed by atoms with van der Waals surface area (Å²) in [4.78, 5) is 17.2. The number of nitrogens with zero attached hydrogens (tertiary/aromatic N) is 2. The van der Waals surface area contributed by atoms with Crippen LogP contribution in [0.25, 0.3) is 23.1 Å². The van der Waals surface area contributed by atoms with Crippen molar-refractivity contribution in [1.29, 1.82) is 0 Å². The molecular formula is C22H22N2O2. The van der Waals surface area contributed by atoms with Gasteiger partial charge in [-0.25, -0.2) is 0 Å². The maximum Gasteiger partial charge on any atom is 0.305 e. The number of anilines is 1. The van der Waals surface area contributed by atoms with Crippen molar-refractivity contribution in [1.82, 2.24) is 4.98 Å². The number of fused-ring (bicyclic) bond motifs is 1. The molecule has 0 bridgehead atoms. The normalized spacial score (nSPS) is 11.1. The van der Waals surface area contributed by atoms with Gasteiger partial charge in [-0.2, -0.15) is 0 Å². The Morgan fingerprint density at radius 2 is 1.85 bits per heavy atom. The number of carboxylic acid groups (broad SMARTS) is 1. The topological polar surface area (TPSA) is 53.4 Å². The van der Waals surface area contributed by atoms with Crippen molar-refractivity contribution < 1.29 is 9.90 Å². The molecule has 0 atom stereocenters. The number of benzene rings is 2. The monoisotopic (exact) mass is 346 g/mol. The summed E-state index contributed by atoms with van der Waals surface area (Å²) in [5, 5.41) is 10.00. The SMILES string of the molecule is CCN(CCC(=O)O)c1ccc(/C=C/c2ccnc3ccccc23)cc1. The molecule has 0 aliphatic carbocycles. The van der Waals surface area contributed by atoms with Gasteiger partial charge in [-0.15, -0.1) is 0 Å². The minimum absolute atomic E-state index is 0.143. The van der Waals surface area contributed by atoms with Crippen LogP contribution < -0.4 is 4.90 Å². The molecule has 3 aromatic rings. The molecule has 132 valence electrons. The van der Waals surface area contributed by atoms with Gasteiger partial charge in [0, 0.05) is 30.4 Å². The van der Waals surface area contributed by atoms with E-state index in [1.54, 1.807) is 0 Å². The second-order valence-electron chi connectivity index (χ2n) is 6.07. The van der Waals surface area contributed by atoms with E-state index in [9.17, 15) is 4.79 Å². The molecule has 0 spiro atoms. The highest BCUT2D eigenvalue weighted by Gasteiger charge is 2.06. The number of para-hydroxylation sites is 1. The first kappa shape index (κ1) is 17.7. The van der Waals surface area contributed by atoms with Crippen molar-refractivity contribution in [2.75, 3.05) is 18.0 Å². The molecule has 0 radical (unpaired) electrons. The number of hydrogen-bond acceptors (Lipinski definition) is 3. The largest absolute Gasteiger partial charge is 0.481 e. The first-order valence-corrected chi connectivity index (χ1v) is 8.76. The number of aliphatic carboxylic acids is 1. The average molecular weight is 346 g/mol. The highest BCUT2D eigenvalue weighted by atomic mass is 16.4. The molecule has 1 heterocycles. The predicted octanol–water partition coefficient (Wildman–Crippen LogP) is 4.71. The minimum atomic E-state index is -0.771. The van der Waals surface area contributed by atoms with Crippen LogP contribution in [0.5, 0.6) is 0 Å². The fourth-order valence-electron chi connectivity index (χ4n) is 2.95. The number of aromatic nitrogens is 1. The van der Waals surface area contributed by atoms with Crippen LogP contribution in [-0.4, -0.2) is 29.1 Å². The molecule has 26 heavy (non-hydrogen) atoms. The molecule has 1 aromatic heterocycles. The second-order valence-corrected chi connectivity index (χ2v) is 6.07. The summed E-state index contributed by atoms with van der Waals surface area (Å²) < 4.78 is 0. The Morgan fingerprint density at radius 1 is 1.08 bits per heavy atom. The van der Waals surface area contributed by atoms with E-state index in [0.717, 1.165) is 34.3 Å². The average Bonchev–Trinajstić information content (AvgIpc) is 2.67. The van der Waals surface area contributed by atoms with Gasteiger partial charge in [0.05, 0.1) is 11.9 Å². The van der Waals surface area contributed by atoms with Crippen LogP contribution in [0.3, 0.4) is 0 Å². The number of rotatable bonds is 7. The smallest absolute Gasteiger partial charge is 0.305 e. The van der Waals surface area contributed by atoms with Crippen molar-refractivity contribution in [3.8, 4) is 0 Å². The zero-order valence-corrected chi connectivity index (χ0v) is 14.8. The molecule has 0 amide bonds. The molecule has 4 heteroatoms. The highest BCUT2D eigenvalue weighted by molar-refractivity contribution is 5.90. The Morgan fingerprint density at radius 3 is 2.58 bits per heavy atom. The van der Waals surface area contributed by atoms with Gasteiger partial charge >= 0.3 is 5.97 Å². The lowest BCUT2D eigenvalue weighted by Gasteiger charge is -2.22. The third kappa shape index (κ3) is 4.28. The molecule has 2 aromatic carbocycles. The van der Waals surface area contributed by atoms with Gasteiger partial charge in [0.1, 0.15) is 0 Å². The highest BCUT2D eigenvalue weighted by Crippen LogP contribution is 2.20. The van der Waals surface area contributed by atoms with Crippen LogP contribution in [0.1, 0.15) is 24.5 Å². The van der Waals surface area contributed by atoms with Gasteiger partial charge in [0.25, 0.3) is 0 Å². The Bertz CT molecular complexity index is 912. The van der Waals surface area contributed by atoms with E-state index in [4.69, 9.17) is 5.11 Å². The molecular weight excluding hydrogens is 324 g/mol. The quantitative estimate of drug-likeness (QED) is 0.673. The number of carbonyl (C=O) groups is 1. The number of pyridine rings is 1. The van der Waals surface area contributed by atoms with Crippen molar-refractivity contribution in [2.45, 2.75) is 13.3 Å². The van der Waals surface area contributed by atoms with Crippen LogP contribution in [-0.2, 0) is 4.79 Å². The molecule has 0 aliphatic rings. The summed E-state index contributed by atoms with van der Waals surface area (Å²) in [5.74, 6) is -0.771. The van der Waals surface area contributed by atoms with Gasteiger partial charge < -0.3 is 10.0 Å². The van der Waals surface area contributed by atoms with Crippen LogP contribution in [0, 0.1) is 0 Å². The standard InChI is InChI=1S/C22H22N2O2/c1-2-24(16-14-22(25)26)19-11-8-17(9-12-19)7-10-18-13-15-23-21-6-4-3-5-20(18)21/h3-13,15H,2,14,16H2,1H3,(H,25,26)/b10-7+. The zero-order valence-electron chi connectivity index (χ0n) is 14.8. The van der Waals surface area contributed by atoms with Gasteiger partial charge in [-0.05, 0) is 42.3 Å². The molecule has 0 saturated carbocycles. The van der Waals surface area contributed by atoms with E-state index in [1.807, 2.05) is 49.5 Å². The van der Waals surface area contributed by atoms with Gasteiger partial charge in [0.2, 0.25) is 0 Å². The van der Waals surface area contributed by atoms with E-state index < -0.39 is 5.97 Å². The third-order valence-electron chi connectivity index (χ3n) is 4.37. The fraction of sp³-hybridized carbons (Fsp3) is 0.182. The maximum absolute atomic E-state index is 10.8. The lowest BCUT2D eigenvalue weighted by atomic mass is 10.1. The Hall–Kier alpha value is -3.14. The van der Waals surface area contributed by atoms with Crippen molar-refractivity contribution in [2.24, 2.45) is 0 Å². The number of hydrogen-bond donors (Lipinski definition) is 1. The van der Waals surface area contributed by atoms with Crippen LogP contribution in [0.2, 0.25) is 0 Å². The van der Waals surface area contributed by atoms with Crippen molar-refractivity contribution in [3.05, 3.63) is 71.9 Å². The minimum Gasteiger partial charge on any atom is -0.481 e. The molecule has 0 fully saturated rings. The predicted molar refractivity (Wildman–Crippen MR) is 107 cm³/mol. The molecule has 1 N–H and O–H groups in total. The summed E-state index contributed by atoms with van der Waals surface area (Å²) in [6, 6.07) is 18.3. The second kappa shape index (κ2) is 8.30. The fourth-order valence-corrected chi connectivity index (χ4v) is 2.95. The summed E-state index contributed by atoms with van der Waals surface area (Å²) >= 11 is 0. The third-order valence-corrected chi connectivity index (χ3v) is 4.37. The van der Waals surface area contributed by atoms with E-state index in [1.165, 1.54) is 0 Å². The summed E-state index contributed by atoms with van der Waals surface area (Å²) in [5.41, 5.74) is 4.27. The molecule has 0 unspecified atom stereocenters. The van der Waals surface area contributed by atoms with Crippen LogP contribution >= 0.6 is 0 Å². The molecule has 3 rings (SSSR count). The molecule has 0 saturated heterocycles. The molecule has 4 nitrogen and oxygen atoms in total. The lowest BCUT2D eigenvalue weighted by Crippen LogP contribution is -2.25. The Kier molecular flexibility index (Phi) is 5.64. The molecule has 0 aliphatic heterocycles. The first-order chi connectivity index (χ1) is 12.7. The Balaban J connectivity index is 1.76. The summed E-state index contributed by atoms with van der Waals surface area (Å²) in [6.07, 6.45) is 6.15. The van der Waals surface area contributed by atoms with Gasteiger partial charge in [0.15, 0.2) is 0 Å². The Labute approximate surface area is 153 Å². The van der Waals surface area contributed by atoms with Crippen LogP contribution in [0.15, 0.2) is 60.8 Å². The first-order valence-electron chi connectivity index (χ1n) is 8.76. The van der Waals surface area contributed by atoms with E-state index in [-0.39, 0.29) is 6.42 Å². The van der Waals surface area contributed by atoms with Gasteiger partial charge in [-0.1, -0.05) is 42.5 Å².